The van der Waals surface area contributed by atoms with Gasteiger partial charge in [0.1, 0.15) is 0 Å². The molecular formula is C5H10O2Si. The van der Waals surface area contributed by atoms with Gasteiger partial charge in [-0.3, -0.25) is 4.79 Å². The van der Waals surface area contributed by atoms with E-state index >= 15 is 0 Å². The van der Waals surface area contributed by atoms with Crippen LogP contribution in [0, 0.1) is 0 Å². The Morgan fingerprint density at radius 2 is 2.25 bits per heavy atom. The van der Waals surface area contributed by atoms with E-state index in [2.05, 4.69) is 0 Å². The van der Waals surface area contributed by atoms with Crippen LogP contribution in [-0.4, -0.2) is 15.7 Å². The van der Waals surface area contributed by atoms with E-state index in [0.717, 1.165) is 6.04 Å². The molecule has 0 N–H and O–H groups in total. The maximum Gasteiger partial charge on any atom is 0.314 e. The summed E-state index contributed by atoms with van der Waals surface area (Å²) in [4.78, 5) is 10.4. The lowest BCUT2D eigenvalue weighted by atomic mass is 10.5. The lowest BCUT2D eigenvalue weighted by Gasteiger charge is -1.95. The zero-order valence-corrected chi connectivity index (χ0v) is 6.23. The smallest absolute Gasteiger partial charge is 0.314 e. The summed E-state index contributed by atoms with van der Waals surface area (Å²) in [6, 6.07) is 0.936. The third kappa shape index (κ3) is 3.86. The first-order chi connectivity index (χ1) is 3.81. The highest BCUT2D eigenvalue weighted by Crippen LogP contribution is 1.83. The van der Waals surface area contributed by atoms with Gasteiger partial charge in [0.05, 0.1) is 0 Å². The minimum Gasteiger partial charge on any atom is -0.516 e. The summed E-state index contributed by atoms with van der Waals surface area (Å²) >= 11 is 0. The maximum absolute atomic E-state index is 10.4. The lowest BCUT2D eigenvalue weighted by molar-refractivity contribution is -0.134. The van der Waals surface area contributed by atoms with Crippen molar-refractivity contribution in [3.05, 3.63) is 0 Å². The van der Waals surface area contributed by atoms with Gasteiger partial charge in [-0.1, -0.05) is 13.8 Å². The molecule has 0 aliphatic rings. The Hall–Kier alpha value is -0.313. The standard InChI is InChI=1S/C5H10O2Si/c1-3-5(6)7-8-4-2/h3-4H2,1-2H3. The molecule has 2 nitrogen and oxygen atoms in total. The van der Waals surface area contributed by atoms with Crippen molar-refractivity contribution in [2.24, 2.45) is 0 Å². The molecular weight excluding hydrogens is 120 g/mol. The number of hydrogen-bond acceptors (Lipinski definition) is 2. The molecule has 2 radical (unpaired) electrons. The van der Waals surface area contributed by atoms with Gasteiger partial charge in [0.15, 0.2) is 0 Å². The summed E-state index contributed by atoms with van der Waals surface area (Å²) in [5, 5.41) is 0. The predicted octanol–water partition coefficient (Wildman–Crippen LogP) is 0.997. The topological polar surface area (TPSA) is 26.3 Å². The fourth-order valence-electron chi connectivity index (χ4n) is 0.225. The van der Waals surface area contributed by atoms with E-state index < -0.39 is 0 Å². The highest BCUT2D eigenvalue weighted by Gasteiger charge is 1.95. The molecule has 0 aliphatic carbocycles. The largest absolute Gasteiger partial charge is 0.516 e. The van der Waals surface area contributed by atoms with E-state index in [1.165, 1.54) is 0 Å². The molecule has 0 amide bonds. The molecule has 0 bridgehead atoms. The Kier molecular flexibility index (Phi) is 4.65. The average molecular weight is 130 g/mol. The van der Waals surface area contributed by atoms with Gasteiger partial charge in [0, 0.05) is 6.42 Å². The molecule has 0 fully saturated rings. The van der Waals surface area contributed by atoms with Gasteiger partial charge in [-0.25, -0.2) is 0 Å². The molecule has 0 aromatic heterocycles. The van der Waals surface area contributed by atoms with Gasteiger partial charge in [-0.15, -0.1) is 0 Å². The van der Waals surface area contributed by atoms with Crippen molar-refractivity contribution < 1.29 is 9.22 Å². The SMILES string of the molecule is CC[Si]OC(=O)CC. The van der Waals surface area contributed by atoms with E-state index in [9.17, 15) is 4.79 Å². The van der Waals surface area contributed by atoms with Crippen molar-refractivity contribution in [3.63, 3.8) is 0 Å². The van der Waals surface area contributed by atoms with Crippen molar-refractivity contribution in [2.45, 2.75) is 26.3 Å². The molecule has 8 heavy (non-hydrogen) atoms. The van der Waals surface area contributed by atoms with Crippen LogP contribution in [0.4, 0.5) is 0 Å². The Morgan fingerprint density at radius 3 is 2.62 bits per heavy atom. The number of hydrogen-bond donors (Lipinski definition) is 0. The van der Waals surface area contributed by atoms with E-state index in [1.54, 1.807) is 6.92 Å². The highest BCUT2D eigenvalue weighted by molar-refractivity contribution is 6.30. The molecule has 0 saturated heterocycles. The van der Waals surface area contributed by atoms with Crippen LogP contribution < -0.4 is 0 Å². The van der Waals surface area contributed by atoms with Gasteiger partial charge in [-0.05, 0) is 6.04 Å². The molecule has 46 valence electrons. The van der Waals surface area contributed by atoms with Crippen LogP contribution in [0.1, 0.15) is 20.3 Å². The Balaban J connectivity index is 2.99. The summed E-state index contributed by atoms with van der Waals surface area (Å²) < 4.78 is 4.73. The van der Waals surface area contributed by atoms with Crippen LogP contribution in [0.5, 0.6) is 0 Å². The Morgan fingerprint density at radius 1 is 1.62 bits per heavy atom. The second-order valence-corrected chi connectivity index (χ2v) is 2.53. The summed E-state index contributed by atoms with van der Waals surface area (Å²) in [7, 11) is 0.352. The first kappa shape index (κ1) is 7.69. The van der Waals surface area contributed by atoms with Gasteiger partial charge in [-0.2, -0.15) is 0 Å². The fraction of sp³-hybridized carbons (Fsp3) is 0.800. The summed E-state index contributed by atoms with van der Waals surface area (Å²) in [5.41, 5.74) is 0. The molecule has 3 heteroatoms. The first-order valence-electron chi connectivity index (χ1n) is 2.73. The highest BCUT2D eigenvalue weighted by atomic mass is 28.2. The van der Waals surface area contributed by atoms with Gasteiger partial charge < -0.3 is 4.43 Å². The van der Waals surface area contributed by atoms with Gasteiger partial charge in [0.25, 0.3) is 5.97 Å². The minimum absolute atomic E-state index is 0.0924. The average Bonchev–Trinajstić information content (AvgIpc) is 1.83. The van der Waals surface area contributed by atoms with Crippen molar-refractivity contribution in [1.82, 2.24) is 0 Å². The van der Waals surface area contributed by atoms with Crippen molar-refractivity contribution >= 4 is 15.7 Å². The van der Waals surface area contributed by atoms with Gasteiger partial charge >= 0.3 is 9.76 Å². The fourth-order valence-corrected chi connectivity index (χ4v) is 0.674. The van der Waals surface area contributed by atoms with Crippen LogP contribution in [-0.2, 0) is 9.22 Å². The molecule has 0 heterocycles. The third-order valence-corrected chi connectivity index (χ3v) is 1.28. The van der Waals surface area contributed by atoms with Crippen LogP contribution in [0.15, 0.2) is 0 Å². The molecule has 0 aliphatic heterocycles. The zero-order valence-electron chi connectivity index (χ0n) is 5.23. The number of carbonyl (C=O) groups is 1. The molecule has 0 aromatic rings. The normalized spacial score (nSPS) is 8.75. The second kappa shape index (κ2) is 4.84. The van der Waals surface area contributed by atoms with E-state index in [-0.39, 0.29) is 5.97 Å². The summed E-state index contributed by atoms with van der Waals surface area (Å²) in [6.07, 6.45) is 0.493. The Labute approximate surface area is 52.2 Å². The van der Waals surface area contributed by atoms with Crippen molar-refractivity contribution in [1.29, 1.82) is 0 Å². The first-order valence-corrected chi connectivity index (χ1v) is 3.85. The van der Waals surface area contributed by atoms with E-state index in [0.29, 0.717) is 16.2 Å². The zero-order chi connectivity index (χ0) is 6.41. The summed E-state index contributed by atoms with van der Waals surface area (Å²) in [5.74, 6) is -0.0924. The number of carbonyl (C=O) groups excluding carboxylic acids is 1. The van der Waals surface area contributed by atoms with Crippen LogP contribution in [0.2, 0.25) is 6.04 Å². The minimum atomic E-state index is -0.0924. The monoisotopic (exact) mass is 130 g/mol. The predicted molar refractivity (Wildman–Crippen MR) is 32.6 cm³/mol. The van der Waals surface area contributed by atoms with E-state index in [4.69, 9.17) is 4.43 Å². The summed E-state index contributed by atoms with van der Waals surface area (Å²) in [6.45, 7) is 3.78. The molecule has 0 atom stereocenters. The molecule has 0 spiro atoms. The van der Waals surface area contributed by atoms with Crippen LogP contribution in [0.3, 0.4) is 0 Å². The second-order valence-electron chi connectivity index (χ2n) is 1.33. The molecule has 0 unspecified atom stereocenters. The lowest BCUT2D eigenvalue weighted by Crippen LogP contribution is -2.05. The van der Waals surface area contributed by atoms with Crippen LogP contribution >= 0.6 is 0 Å². The van der Waals surface area contributed by atoms with Crippen molar-refractivity contribution in [3.8, 4) is 0 Å². The van der Waals surface area contributed by atoms with Crippen LogP contribution in [0.25, 0.3) is 0 Å². The number of rotatable bonds is 3. The quantitative estimate of drug-likeness (QED) is 0.533. The van der Waals surface area contributed by atoms with Gasteiger partial charge in [0.2, 0.25) is 0 Å². The Bertz CT molecular complexity index is 72.8. The van der Waals surface area contributed by atoms with Crippen molar-refractivity contribution in [2.75, 3.05) is 0 Å². The third-order valence-electron chi connectivity index (χ3n) is 0.619. The van der Waals surface area contributed by atoms with E-state index in [1.807, 2.05) is 6.92 Å². The molecule has 0 aromatic carbocycles. The molecule has 0 saturated carbocycles. The molecule has 0 rings (SSSR count). The maximum atomic E-state index is 10.4.